The van der Waals surface area contributed by atoms with E-state index in [4.69, 9.17) is 4.42 Å². The lowest BCUT2D eigenvalue weighted by Crippen LogP contribution is -2.35. The average molecular weight is 547 g/mol. The second kappa shape index (κ2) is 11.9. The highest BCUT2D eigenvalue weighted by Gasteiger charge is 2.21. The van der Waals surface area contributed by atoms with Crippen LogP contribution in [0.3, 0.4) is 0 Å². The highest BCUT2D eigenvalue weighted by molar-refractivity contribution is 6.13. The van der Waals surface area contributed by atoms with Crippen molar-refractivity contribution in [3.63, 3.8) is 0 Å². The molecule has 0 unspecified atom stereocenters. The molecule has 3 heterocycles. The van der Waals surface area contributed by atoms with Gasteiger partial charge in [-0.25, -0.2) is 0 Å². The number of nitrogens with one attached hydrogen (secondary N) is 2. The molecule has 0 atom stereocenters. The Labute approximate surface area is 239 Å². The maximum absolute atomic E-state index is 13.0. The molecule has 0 bridgehead atoms. The second-order valence-corrected chi connectivity index (χ2v) is 10.8. The SMILES string of the molecule is CC(=O)Nc1cccc(C2CCN(CCCNC(=O)c3cc4cc(-c5ccncc5)c5ccccc5c4o3)CC2)c1. The van der Waals surface area contributed by atoms with E-state index < -0.39 is 0 Å². The number of hydrogen-bond donors (Lipinski definition) is 2. The van der Waals surface area contributed by atoms with Crippen molar-refractivity contribution in [3.8, 4) is 11.1 Å². The minimum absolute atomic E-state index is 0.0481. The maximum atomic E-state index is 13.0. The zero-order valence-corrected chi connectivity index (χ0v) is 23.2. The Bertz CT molecular complexity index is 1690. The van der Waals surface area contributed by atoms with Crippen LogP contribution >= 0.6 is 0 Å². The molecule has 1 aliphatic heterocycles. The van der Waals surface area contributed by atoms with Crippen molar-refractivity contribution in [1.29, 1.82) is 0 Å². The number of carbonyl (C=O) groups excluding carboxylic acids is 2. The van der Waals surface area contributed by atoms with E-state index in [-0.39, 0.29) is 11.8 Å². The highest BCUT2D eigenvalue weighted by Crippen LogP contribution is 2.36. The van der Waals surface area contributed by atoms with Crippen LogP contribution in [0, 0.1) is 0 Å². The molecular weight excluding hydrogens is 512 g/mol. The van der Waals surface area contributed by atoms with E-state index in [2.05, 4.69) is 44.8 Å². The van der Waals surface area contributed by atoms with Gasteiger partial charge in [0.05, 0.1) is 0 Å². The number of likely N-dealkylation sites (tertiary alicyclic amines) is 1. The first-order valence-electron chi connectivity index (χ1n) is 14.3. The number of amides is 2. The van der Waals surface area contributed by atoms with Crippen LogP contribution in [0.25, 0.3) is 32.9 Å². The van der Waals surface area contributed by atoms with Crippen LogP contribution < -0.4 is 10.6 Å². The largest absolute Gasteiger partial charge is 0.450 e. The lowest BCUT2D eigenvalue weighted by atomic mass is 9.89. The van der Waals surface area contributed by atoms with Gasteiger partial charge in [-0.05, 0) is 103 Å². The summed E-state index contributed by atoms with van der Waals surface area (Å²) in [7, 11) is 0. The van der Waals surface area contributed by atoms with E-state index in [0.717, 1.165) is 77.5 Å². The number of carbonyl (C=O) groups is 2. The van der Waals surface area contributed by atoms with Crippen LogP contribution in [0.5, 0.6) is 0 Å². The predicted molar refractivity (Wildman–Crippen MR) is 163 cm³/mol. The van der Waals surface area contributed by atoms with Crippen LogP contribution in [0.2, 0.25) is 0 Å². The molecule has 1 saturated heterocycles. The minimum Gasteiger partial charge on any atom is -0.450 e. The van der Waals surface area contributed by atoms with Gasteiger partial charge in [-0.15, -0.1) is 0 Å². The molecule has 3 aromatic carbocycles. The van der Waals surface area contributed by atoms with Crippen LogP contribution in [0.1, 0.15) is 48.2 Å². The van der Waals surface area contributed by atoms with Gasteiger partial charge in [0, 0.05) is 42.3 Å². The van der Waals surface area contributed by atoms with Crippen LogP contribution in [-0.4, -0.2) is 47.9 Å². The van der Waals surface area contributed by atoms with Gasteiger partial charge in [-0.3, -0.25) is 14.6 Å². The molecular formula is C34H34N4O3. The monoisotopic (exact) mass is 546 g/mol. The highest BCUT2D eigenvalue weighted by atomic mass is 16.3. The summed E-state index contributed by atoms with van der Waals surface area (Å²) in [4.78, 5) is 31.0. The molecule has 0 saturated carbocycles. The summed E-state index contributed by atoms with van der Waals surface area (Å²) >= 11 is 0. The van der Waals surface area contributed by atoms with Crippen molar-refractivity contribution in [2.24, 2.45) is 0 Å². The molecule has 7 heteroatoms. The van der Waals surface area contributed by atoms with Gasteiger partial charge >= 0.3 is 0 Å². The quantitative estimate of drug-likeness (QED) is 0.214. The number of anilines is 1. The number of aromatic nitrogens is 1. The van der Waals surface area contributed by atoms with Crippen LogP contribution in [-0.2, 0) is 4.79 Å². The van der Waals surface area contributed by atoms with Gasteiger partial charge < -0.3 is 20.0 Å². The number of pyridine rings is 1. The number of nitrogens with zero attached hydrogens (tertiary/aromatic N) is 2. The Morgan fingerprint density at radius 1 is 0.951 bits per heavy atom. The second-order valence-electron chi connectivity index (χ2n) is 10.8. The fourth-order valence-corrected chi connectivity index (χ4v) is 5.91. The summed E-state index contributed by atoms with van der Waals surface area (Å²) in [6.45, 7) is 5.13. The zero-order valence-electron chi connectivity index (χ0n) is 23.2. The molecule has 2 aromatic heterocycles. The van der Waals surface area contributed by atoms with E-state index in [1.807, 2.05) is 48.5 Å². The van der Waals surface area contributed by atoms with Gasteiger partial charge in [0.1, 0.15) is 5.58 Å². The molecule has 0 radical (unpaired) electrons. The summed E-state index contributed by atoms with van der Waals surface area (Å²) in [6.07, 6.45) is 6.64. The molecule has 5 aromatic rings. The smallest absolute Gasteiger partial charge is 0.287 e. The third kappa shape index (κ3) is 6.00. The molecule has 7 nitrogen and oxygen atoms in total. The Kier molecular flexibility index (Phi) is 7.78. The number of piperidine rings is 1. The van der Waals surface area contributed by atoms with Crippen LogP contribution in [0.15, 0.2) is 89.6 Å². The molecule has 1 fully saturated rings. The van der Waals surface area contributed by atoms with Gasteiger partial charge in [-0.1, -0.05) is 36.4 Å². The topological polar surface area (TPSA) is 87.5 Å². The lowest BCUT2D eigenvalue weighted by molar-refractivity contribution is -0.114. The Morgan fingerprint density at radius 2 is 1.73 bits per heavy atom. The summed E-state index contributed by atoms with van der Waals surface area (Å²) in [5.74, 6) is 0.601. The minimum atomic E-state index is -0.187. The van der Waals surface area contributed by atoms with Crippen molar-refractivity contribution in [3.05, 3.63) is 96.5 Å². The van der Waals surface area contributed by atoms with Gasteiger partial charge in [0.25, 0.3) is 5.91 Å². The summed E-state index contributed by atoms with van der Waals surface area (Å²) in [6, 6.07) is 24.2. The first-order chi connectivity index (χ1) is 20.0. The third-order valence-corrected chi connectivity index (χ3v) is 7.94. The van der Waals surface area contributed by atoms with E-state index in [1.54, 1.807) is 12.4 Å². The molecule has 41 heavy (non-hydrogen) atoms. The third-order valence-electron chi connectivity index (χ3n) is 7.94. The average Bonchev–Trinajstić information content (AvgIpc) is 3.44. The van der Waals surface area contributed by atoms with Gasteiger partial charge in [0.15, 0.2) is 5.76 Å². The maximum Gasteiger partial charge on any atom is 0.287 e. The molecule has 2 amide bonds. The first kappa shape index (κ1) is 26.7. The first-order valence-corrected chi connectivity index (χ1v) is 14.3. The van der Waals surface area contributed by atoms with E-state index >= 15 is 0 Å². The number of benzene rings is 3. The molecule has 6 rings (SSSR count). The van der Waals surface area contributed by atoms with E-state index in [0.29, 0.717) is 18.2 Å². The molecule has 0 aliphatic carbocycles. The number of fused-ring (bicyclic) bond motifs is 3. The molecule has 1 aliphatic rings. The number of hydrogen-bond acceptors (Lipinski definition) is 5. The van der Waals surface area contributed by atoms with E-state index in [1.165, 1.54) is 12.5 Å². The fraction of sp³-hybridized carbons (Fsp3) is 0.265. The number of rotatable bonds is 8. The van der Waals surface area contributed by atoms with E-state index in [9.17, 15) is 9.59 Å². The predicted octanol–water partition coefficient (Wildman–Crippen LogP) is 6.61. The van der Waals surface area contributed by atoms with Crippen molar-refractivity contribution in [2.45, 2.75) is 32.1 Å². The Morgan fingerprint density at radius 3 is 2.51 bits per heavy atom. The van der Waals surface area contributed by atoms with Crippen molar-refractivity contribution < 1.29 is 14.0 Å². The van der Waals surface area contributed by atoms with Crippen molar-refractivity contribution in [1.82, 2.24) is 15.2 Å². The van der Waals surface area contributed by atoms with Crippen molar-refractivity contribution in [2.75, 3.05) is 31.5 Å². The molecule has 0 spiro atoms. The Balaban J connectivity index is 1.04. The molecule has 2 N–H and O–H groups in total. The summed E-state index contributed by atoms with van der Waals surface area (Å²) in [5, 5.41) is 8.90. The van der Waals surface area contributed by atoms with Gasteiger partial charge in [-0.2, -0.15) is 0 Å². The summed E-state index contributed by atoms with van der Waals surface area (Å²) in [5.41, 5.74) is 5.05. The van der Waals surface area contributed by atoms with Gasteiger partial charge in [0.2, 0.25) is 5.91 Å². The fourth-order valence-electron chi connectivity index (χ4n) is 5.91. The lowest BCUT2D eigenvalue weighted by Gasteiger charge is -2.32. The van der Waals surface area contributed by atoms with Crippen molar-refractivity contribution >= 4 is 39.2 Å². The standard InChI is InChI=1S/C34H34N4O3/c1-23(39)37-28-7-4-6-26(20-28)24-12-18-38(19-13-24)17-5-14-36-34(40)32-22-27-21-31(25-10-15-35-16-11-25)29-8-2-3-9-30(29)33(27)41-32/h2-4,6-11,15-16,20-22,24H,5,12-14,17-19H2,1H3,(H,36,40)(H,37,39). The number of furan rings is 1. The normalized spacial score (nSPS) is 14.4. The van der Waals surface area contributed by atoms with Crippen LogP contribution in [0.4, 0.5) is 5.69 Å². The molecule has 208 valence electrons. The zero-order chi connectivity index (χ0) is 28.2. The Hall–Kier alpha value is -4.49. The summed E-state index contributed by atoms with van der Waals surface area (Å²) < 4.78 is 6.11.